The Morgan fingerprint density at radius 2 is 2.07 bits per heavy atom. The summed E-state index contributed by atoms with van der Waals surface area (Å²) in [5.74, 6) is 0.779. The molecular formula is C9H19NO3S. The maximum Gasteiger partial charge on any atom is 0.220 e. The van der Waals surface area contributed by atoms with Crippen molar-refractivity contribution < 1.29 is 15.0 Å². The van der Waals surface area contributed by atoms with E-state index in [-0.39, 0.29) is 19.1 Å². The van der Waals surface area contributed by atoms with E-state index in [9.17, 15) is 4.79 Å². The third-order valence-corrected chi connectivity index (χ3v) is 2.12. The molecule has 0 heterocycles. The summed E-state index contributed by atoms with van der Waals surface area (Å²) in [6, 6.07) is 0. The van der Waals surface area contributed by atoms with Crippen molar-refractivity contribution in [3.63, 3.8) is 0 Å². The van der Waals surface area contributed by atoms with Gasteiger partial charge in [-0.1, -0.05) is 6.42 Å². The standard InChI is InChI=1S/C9H19NO3S/c11-7-8(12)6-10-9(13)4-2-1-3-5-14/h8,11-12,14H,1-7H2,(H,10,13). The maximum atomic E-state index is 11.1. The normalized spacial score (nSPS) is 12.5. The van der Waals surface area contributed by atoms with Crippen LogP contribution in [-0.4, -0.2) is 41.1 Å². The van der Waals surface area contributed by atoms with Crippen molar-refractivity contribution in [2.75, 3.05) is 18.9 Å². The van der Waals surface area contributed by atoms with Gasteiger partial charge in [0.05, 0.1) is 12.7 Å². The molecule has 14 heavy (non-hydrogen) atoms. The van der Waals surface area contributed by atoms with Gasteiger partial charge < -0.3 is 15.5 Å². The molecule has 0 aromatic carbocycles. The van der Waals surface area contributed by atoms with Gasteiger partial charge in [-0.25, -0.2) is 0 Å². The van der Waals surface area contributed by atoms with E-state index in [4.69, 9.17) is 10.2 Å². The van der Waals surface area contributed by atoms with Crippen molar-refractivity contribution in [3.8, 4) is 0 Å². The summed E-state index contributed by atoms with van der Waals surface area (Å²) < 4.78 is 0. The fourth-order valence-electron chi connectivity index (χ4n) is 0.959. The average molecular weight is 221 g/mol. The molecule has 0 saturated carbocycles. The van der Waals surface area contributed by atoms with Crippen LogP contribution in [0, 0.1) is 0 Å². The van der Waals surface area contributed by atoms with Crippen LogP contribution >= 0.6 is 12.6 Å². The maximum absolute atomic E-state index is 11.1. The lowest BCUT2D eigenvalue weighted by Gasteiger charge is -2.08. The summed E-state index contributed by atoms with van der Waals surface area (Å²) in [6.07, 6.45) is 2.50. The van der Waals surface area contributed by atoms with Crippen molar-refractivity contribution in [1.29, 1.82) is 0 Å². The van der Waals surface area contributed by atoms with Crippen LogP contribution in [0.1, 0.15) is 25.7 Å². The molecule has 1 unspecified atom stereocenters. The summed E-state index contributed by atoms with van der Waals surface area (Å²) in [5, 5.41) is 20.0. The van der Waals surface area contributed by atoms with Crippen LogP contribution < -0.4 is 5.32 Å². The first-order chi connectivity index (χ1) is 6.70. The fraction of sp³-hybridized carbons (Fsp3) is 0.889. The van der Waals surface area contributed by atoms with Crippen molar-refractivity contribution >= 4 is 18.5 Å². The molecule has 0 aromatic rings. The van der Waals surface area contributed by atoms with Crippen molar-refractivity contribution in [2.24, 2.45) is 0 Å². The van der Waals surface area contributed by atoms with E-state index in [0.29, 0.717) is 6.42 Å². The summed E-state index contributed by atoms with van der Waals surface area (Å²) in [7, 11) is 0. The number of rotatable bonds is 8. The molecule has 3 N–H and O–H groups in total. The topological polar surface area (TPSA) is 69.6 Å². The van der Waals surface area contributed by atoms with Gasteiger partial charge in [0, 0.05) is 13.0 Å². The minimum absolute atomic E-state index is 0.0725. The quantitative estimate of drug-likeness (QED) is 0.343. The van der Waals surface area contributed by atoms with Gasteiger partial charge in [0.25, 0.3) is 0 Å². The van der Waals surface area contributed by atoms with Gasteiger partial charge in [0.1, 0.15) is 0 Å². The Hall–Kier alpha value is -0.260. The summed E-state index contributed by atoms with van der Waals surface area (Å²) in [5.41, 5.74) is 0. The highest BCUT2D eigenvalue weighted by molar-refractivity contribution is 7.80. The molecule has 0 bridgehead atoms. The van der Waals surface area contributed by atoms with Gasteiger partial charge in [0.2, 0.25) is 5.91 Å². The first-order valence-electron chi connectivity index (χ1n) is 4.87. The zero-order valence-electron chi connectivity index (χ0n) is 8.28. The van der Waals surface area contributed by atoms with Crippen molar-refractivity contribution in [3.05, 3.63) is 0 Å². The van der Waals surface area contributed by atoms with Crippen LogP contribution in [0.3, 0.4) is 0 Å². The predicted octanol–water partition coefficient (Wildman–Crippen LogP) is -0.0540. The predicted molar refractivity (Wildman–Crippen MR) is 58.4 cm³/mol. The molecule has 5 heteroatoms. The number of hydrogen-bond acceptors (Lipinski definition) is 4. The number of hydrogen-bond donors (Lipinski definition) is 4. The smallest absolute Gasteiger partial charge is 0.220 e. The number of carbonyl (C=O) groups excluding carboxylic acids is 1. The van der Waals surface area contributed by atoms with Gasteiger partial charge in [-0.15, -0.1) is 0 Å². The molecule has 0 aliphatic carbocycles. The van der Waals surface area contributed by atoms with Gasteiger partial charge in [-0.05, 0) is 18.6 Å². The van der Waals surface area contributed by atoms with Gasteiger partial charge in [-0.3, -0.25) is 4.79 Å². The monoisotopic (exact) mass is 221 g/mol. The van der Waals surface area contributed by atoms with Gasteiger partial charge in [0.15, 0.2) is 0 Å². The van der Waals surface area contributed by atoms with E-state index in [0.717, 1.165) is 25.0 Å². The first kappa shape index (κ1) is 13.7. The third-order valence-electron chi connectivity index (χ3n) is 1.81. The Labute approximate surface area is 90.1 Å². The molecule has 0 aromatic heterocycles. The zero-order valence-corrected chi connectivity index (χ0v) is 9.17. The van der Waals surface area contributed by atoms with Crippen molar-refractivity contribution in [1.82, 2.24) is 5.32 Å². The van der Waals surface area contributed by atoms with E-state index < -0.39 is 6.10 Å². The average Bonchev–Trinajstić information content (AvgIpc) is 2.21. The van der Waals surface area contributed by atoms with E-state index in [2.05, 4.69) is 17.9 Å². The Bertz CT molecular complexity index is 155. The van der Waals surface area contributed by atoms with Crippen LogP contribution in [0.25, 0.3) is 0 Å². The Balaban J connectivity index is 3.28. The van der Waals surface area contributed by atoms with E-state index >= 15 is 0 Å². The highest BCUT2D eigenvalue weighted by Gasteiger charge is 2.04. The number of aliphatic hydroxyl groups is 2. The Morgan fingerprint density at radius 3 is 2.64 bits per heavy atom. The van der Waals surface area contributed by atoms with Crippen LogP contribution in [0.2, 0.25) is 0 Å². The lowest BCUT2D eigenvalue weighted by atomic mass is 10.2. The molecule has 0 aliphatic rings. The third kappa shape index (κ3) is 8.34. The lowest BCUT2D eigenvalue weighted by Crippen LogP contribution is -2.33. The summed E-state index contributed by atoms with van der Waals surface area (Å²) in [4.78, 5) is 11.1. The highest BCUT2D eigenvalue weighted by Crippen LogP contribution is 2.00. The molecule has 4 nitrogen and oxygen atoms in total. The van der Waals surface area contributed by atoms with Crippen LogP contribution in [0.4, 0.5) is 0 Å². The van der Waals surface area contributed by atoms with Gasteiger partial charge in [-0.2, -0.15) is 12.6 Å². The molecule has 0 radical (unpaired) electrons. The number of aliphatic hydroxyl groups excluding tert-OH is 2. The number of unbranched alkanes of at least 4 members (excludes halogenated alkanes) is 2. The molecule has 0 fully saturated rings. The Kier molecular flexibility index (Phi) is 9.13. The molecule has 84 valence electrons. The van der Waals surface area contributed by atoms with Crippen LogP contribution in [-0.2, 0) is 4.79 Å². The number of nitrogens with one attached hydrogen (secondary N) is 1. The fourth-order valence-corrected chi connectivity index (χ4v) is 1.18. The second-order valence-electron chi connectivity index (χ2n) is 3.17. The first-order valence-corrected chi connectivity index (χ1v) is 5.50. The molecule has 0 aliphatic heterocycles. The highest BCUT2D eigenvalue weighted by atomic mass is 32.1. The molecule has 1 amide bonds. The molecule has 0 spiro atoms. The Morgan fingerprint density at radius 1 is 1.36 bits per heavy atom. The molecule has 0 saturated heterocycles. The van der Waals surface area contributed by atoms with E-state index in [1.54, 1.807) is 0 Å². The minimum atomic E-state index is -0.851. The molecule has 1 atom stereocenters. The number of amides is 1. The molecule has 0 rings (SSSR count). The van der Waals surface area contributed by atoms with Crippen molar-refractivity contribution in [2.45, 2.75) is 31.8 Å². The van der Waals surface area contributed by atoms with E-state index in [1.807, 2.05) is 0 Å². The van der Waals surface area contributed by atoms with Crippen LogP contribution in [0.15, 0.2) is 0 Å². The van der Waals surface area contributed by atoms with Crippen LogP contribution in [0.5, 0.6) is 0 Å². The lowest BCUT2D eigenvalue weighted by molar-refractivity contribution is -0.121. The summed E-state index contributed by atoms with van der Waals surface area (Å²) in [6.45, 7) is -0.193. The SMILES string of the molecule is O=C(CCCCCS)NCC(O)CO. The number of thiol groups is 1. The minimum Gasteiger partial charge on any atom is -0.394 e. The van der Waals surface area contributed by atoms with Gasteiger partial charge >= 0.3 is 0 Å². The number of carbonyl (C=O) groups is 1. The molecular weight excluding hydrogens is 202 g/mol. The second-order valence-corrected chi connectivity index (χ2v) is 3.62. The van der Waals surface area contributed by atoms with E-state index in [1.165, 1.54) is 0 Å². The second kappa shape index (κ2) is 9.30. The zero-order chi connectivity index (χ0) is 10.8. The summed E-state index contributed by atoms with van der Waals surface area (Å²) >= 11 is 4.06. The largest absolute Gasteiger partial charge is 0.394 e.